The number of carbonyl (C=O) groups is 1. The zero-order valence-corrected chi connectivity index (χ0v) is 14.2. The van der Waals surface area contributed by atoms with Crippen LogP contribution in [0.2, 0.25) is 0 Å². The lowest BCUT2D eigenvalue weighted by molar-refractivity contribution is -0.143. The molecule has 1 fully saturated rings. The van der Waals surface area contributed by atoms with Crippen LogP contribution in [-0.2, 0) is 17.8 Å². The number of aromatic nitrogens is 2. The first-order valence-corrected chi connectivity index (χ1v) is 8.14. The molecule has 2 atom stereocenters. The van der Waals surface area contributed by atoms with Crippen LogP contribution in [0.4, 0.5) is 13.2 Å². The van der Waals surface area contributed by atoms with Crippen molar-refractivity contribution in [2.45, 2.75) is 58.9 Å². The quantitative estimate of drug-likeness (QED) is 0.909. The van der Waals surface area contributed by atoms with E-state index >= 15 is 0 Å². The number of hydrogen-bond acceptors (Lipinski definition) is 3. The van der Waals surface area contributed by atoms with E-state index in [0.29, 0.717) is 30.0 Å². The minimum atomic E-state index is -4.35. The van der Waals surface area contributed by atoms with Crippen LogP contribution in [0.15, 0.2) is 0 Å². The number of likely N-dealkylation sites (tertiary alicyclic amines) is 1. The summed E-state index contributed by atoms with van der Waals surface area (Å²) >= 11 is 0. The summed E-state index contributed by atoms with van der Waals surface area (Å²) in [5.41, 5.74) is 1.39. The Labute approximate surface area is 139 Å². The zero-order valence-electron chi connectivity index (χ0n) is 14.2. The second kappa shape index (κ2) is 7.13. The molecule has 0 radical (unpaired) electrons. The number of carbonyl (C=O) groups excluding carboxylic acids is 1. The largest absolute Gasteiger partial charge is 0.408 e. The molecule has 1 N–H and O–H groups in total. The second-order valence-electron chi connectivity index (χ2n) is 6.58. The van der Waals surface area contributed by atoms with E-state index in [4.69, 9.17) is 0 Å². The Balaban J connectivity index is 2.09. The molecule has 0 spiro atoms. The molecule has 1 amide bonds. The predicted octanol–water partition coefficient (Wildman–Crippen LogP) is 2.22. The van der Waals surface area contributed by atoms with Gasteiger partial charge in [0.05, 0.1) is 18.2 Å². The van der Waals surface area contributed by atoms with Gasteiger partial charge in [0.25, 0.3) is 0 Å². The van der Waals surface area contributed by atoms with Gasteiger partial charge in [-0.2, -0.15) is 18.3 Å². The van der Waals surface area contributed by atoms with Gasteiger partial charge in [-0.15, -0.1) is 0 Å². The van der Waals surface area contributed by atoms with Gasteiger partial charge in [-0.25, -0.2) is 0 Å². The summed E-state index contributed by atoms with van der Waals surface area (Å²) in [6.07, 6.45) is -3.07. The Morgan fingerprint density at radius 2 is 2.08 bits per heavy atom. The van der Waals surface area contributed by atoms with Crippen molar-refractivity contribution in [3.05, 3.63) is 17.0 Å². The molecule has 1 aliphatic rings. The SMILES string of the molecule is Cc1nn(CC(F)(F)F)c(C)c1CC(=O)N1CCCC(C(C)O)C1. The van der Waals surface area contributed by atoms with Crippen LogP contribution >= 0.6 is 0 Å². The minimum absolute atomic E-state index is 0.0437. The van der Waals surface area contributed by atoms with E-state index in [1.807, 2.05) is 0 Å². The van der Waals surface area contributed by atoms with Crippen molar-refractivity contribution >= 4 is 5.91 Å². The molecule has 0 bridgehead atoms. The number of rotatable bonds is 4. The van der Waals surface area contributed by atoms with Crippen LogP contribution in [0.3, 0.4) is 0 Å². The first kappa shape index (κ1) is 18.8. The summed E-state index contributed by atoms with van der Waals surface area (Å²) in [5.74, 6) is -0.0732. The fourth-order valence-corrected chi connectivity index (χ4v) is 3.21. The van der Waals surface area contributed by atoms with Crippen LogP contribution in [0.5, 0.6) is 0 Å². The maximum atomic E-state index is 12.6. The first-order chi connectivity index (χ1) is 11.1. The Bertz CT molecular complexity index is 596. The number of halogens is 3. The van der Waals surface area contributed by atoms with Crippen molar-refractivity contribution in [2.24, 2.45) is 5.92 Å². The third-order valence-electron chi connectivity index (χ3n) is 4.68. The zero-order chi connectivity index (χ0) is 18.1. The van der Waals surface area contributed by atoms with Crippen LogP contribution in [-0.4, -0.2) is 51.1 Å². The van der Waals surface area contributed by atoms with Crippen LogP contribution in [0.25, 0.3) is 0 Å². The van der Waals surface area contributed by atoms with Gasteiger partial charge in [0.15, 0.2) is 0 Å². The van der Waals surface area contributed by atoms with E-state index in [9.17, 15) is 23.1 Å². The van der Waals surface area contributed by atoms with Gasteiger partial charge in [-0.1, -0.05) is 0 Å². The molecular weight excluding hydrogens is 323 g/mol. The van der Waals surface area contributed by atoms with E-state index in [-0.39, 0.29) is 18.2 Å². The van der Waals surface area contributed by atoms with E-state index in [1.54, 1.807) is 25.7 Å². The van der Waals surface area contributed by atoms with E-state index in [1.165, 1.54) is 0 Å². The molecule has 1 saturated heterocycles. The maximum absolute atomic E-state index is 12.6. The molecule has 0 aromatic carbocycles. The lowest BCUT2D eigenvalue weighted by Gasteiger charge is -2.34. The third-order valence-corrected chi connectivity index (χ3v) is 4.68. The molecule has 0 saturated carbocycles. The average Bonchev–Trinajstić information content (AvgIpc) is 2.73. The summed E-state index contributed by atoms with van der Waals surface area (Å²) in [6, 6.07) is 0. The van der Waals surface area contributed by atoms with Crippen molar-refractivity contribution in [3.63, 3.8) is 0 Å². The molecule has 24 heavy (non-hydrogen) atoms. The monoisotopic (exact) mass is 347 g/mol. The van der Waals surface area contributed by atoms with Gasteiger partial charge < -0.3 is 10.0 Å². The number of aryl methyl sites for hydroxylation is 1. The lowest BCUT2D eigenvalue weighted by Crippen LogP contribution is -2.43. The maximum Gasteiger partial charge on any atom is 0.408 e. The van der Waals surface area contributed by atoms with Crippen molar-refractivity contribution in [1.29, 1.82) is 0 Å². The fourth-order valence-electron chi connectivity index (χ4n) is 3.21. The van der Waals surface area contributed by atoms with Gasteiger partial charge in [0, 0.05) is 30.3 Å². The second-order valence-corrected chi connectivity index (χ2v) is 6.58. The molecule has 8 heteroatoms. The summed E-state index contributed by atoms with van der Waals surface area (Å²) in [4.78, 5) is 14.2. The number of hydrogen-bond donors (Lipinski definition) is 1. The van der Waals surface area contributed by atoms with Gasteiger partial charge in [-0.3, -0.25) is 9.48 Å². The molecule has 0 aliphatic carbocycles. The molecule has 2 unspecified atom stereocenters. The highest BCUT2D eigenvalue weighted by Gasteiger charge is 2.31. The highest BCUT2D eigenvalue weighted by atomic mass is 19.4. The highest BCUT2D eigenvalue weighted by Crippen LogP contribution is 2.23. The lowest BCUT2D eigenvalue weighted by atomic mass is 9.93. The minimum Gasteiger partial charge on any atom is -0.393 e. The molecular formula is C16H24F3N3O2. The fraction of sp³-hybridized carbons (Fsp3) is 0.750. The number of nitrogens with zero attached hydrogens (tertiary/aromatic N) is 3. The average molecular weight is 347 g/mol. The molecule has 1 aromatic rings. The van der Waals surface area contributed by atoms with Crippen molar-refractivity contribution in [2.75, 3.05) is 13.1 Å². The van der Waals surface area contributed by atoms with Crippen LogP contribution < -0.4 is 0 Å². The summed E-state index contributed by atoms with van der Waals surface area (Å²) in [5, 5.41) is 13.6. The number of alkyl halides is 3. The van der Waals surface area contributed by atoms with Gasteiger partial charge >= 0.3 is 6.18 Å². The van der Waals surface area contributed by atoms with Crippen molar-refractivity contribution < 1.29 is 23.1 Å². The van der Waals surface area contributed by atoms with Crippen molar-refractivity contribution in [3.8, 4) is 0 Å². The Hall–Kier alpha value is -1.57. The molecule has 5 nitrogen and oxygen atoms in total. The summed E-state index contributed by atoms with van der Waals surface area (Å²) < 4.78 is 38.6. The number of piperidine rings is 1. The smallest absolute Gasteiger partial charge is 0.393 e. The Morgan fingerprint density at radius 1 is 1.42 bits per heavy atom. The molecule has 136 valence electrons. The molecule has 1 aromatic heterocycles. The number of aliphatic hydroxyl groups is 1. The predicted molar refractivity (Wildman–Crippen MR) is 82.4 cm³/mol. The number of aliphatic hydroxyl groups excluding tert-OH is 1. The highest BCUT2D eigenvalue weighted by molar-refractivity contribution is 5.79. The van der Waals surface area contributed by atoms with E-state index in [0.717, 1.165) is 17.5 Å². The molecule has 1 aliphatic heterocycles. The Kier molecular flexibility index (Phi) is 5.57. The van der Waals surface area contributed by atoms with Gasteiger partial charge in [0.2, 0.25) is 5.91 Å². The molecule has 2 heterocycles. The van der Waals surface area contributed by atoms with E-state index in [2.05, 4.69) is 5.10 Å². The number of amides is 1. The van der Waals surface area contributed by atoms with Crippen LogP contribution in [0.1, 0.15) is 36.7 Å². The topological polar surface area (TPSA) is 58.4 Å². The third kappa shape index (κ3) is 4.49. The van der Waals surface area contributed by atoms with Crippen molar-refractivity contribution in [1.82, 2.24) is 14.7 Å². The van der Waals surface area contributed by atoms with Crippen LogP contribution in [0, 0.1) is 19.8 Å². The normalized spacial score (nSPS) is 20.3. The Morgan fingerprint density at radius 3 is 2.67 bits per heavy atom. The molecule has 2 rings (SSSR count). The first-order valence-electron chi connectivity index (χ1n) is 8.14. The van der Waals surface area contributed by atoms with Gasteiger partial charge in [0.1, 0.15) is 6.54 Å². The standard InChI is InChI=1S/C16H24F3N3O2/c1-10-14(11(2)22(20-10)9-16(17,18)19)7-15(24)21-6-4-5-13(8-21)12(3)23/h12-13,23H,4-9H2,1-3H3. The summed E-state index contributed by atoms with van der Waals surface area (Å²) in [6.45, 7) is 4.86. The summed E-state index contributed by atoms with van der Waals surface area (Å²) in [7, 11) is 0. The van der Waals surface area contributed by atoms with E-state index < -0.39 is 18.8 Å². The van der Waals surface area contributed by atoms with Gasteiger partial charge in [-0.05, 0) is 33.6 Å².